The number of nitrogens with one attached hydrogen (secondary N) is 2. The second-order valence-corrected chi connectivity index (χ2v) is 9.51. The van der Waals surface area contributed by atoms with Crippen molar-refractivity contribution < 1.29 is 27.4 Å². The summed E-state index contributed by atoms with van der Waals surface area (Å²) in [5.74, 6) is 1.46. The Morgan fingerprint density at radius 1 is 0.829 bits per heavy atom. The fraction of sp³-hybridized carbons (Fsp3) is 0.269. The van der Waals surface area contributed by atoms with Crippen molar-refractivity contribution in [3.05, 3.63) is 76.9 Å². The first kappa shape index (κ1) is 25.9. The van der Waals surface area contributed by atoms with Crippen LogP contribution in [-0.4, -0.2) is 42.2 Å². The first-order valence-electron chi connectivity index (χ1n) is 11.0. The Balaban J connectivity index is 1.74. The van der Waals surface area contributed by atoms with Crippen molar-refractivity contribution in [3.8, 4) is 17.2 Å². The molecular formula is C26H30N2O6S. The van der Waals surface area contributed by atoms with Crippen LogP contribution in [0.25, 0.3) is 0 Å². The van der Waals surface area contributed by atoms with E-state index >= 15 is 0 Å². The van der Waals surface area contributed by atoms with Crippen LogP contribution in [0, 0.1) is 13.8 Å². The third-order valence-electron chi connectivity index (χ3n) is 5.76. The van der Waals surface area contributed by atoms with E-state index in [1.807, 2.05) is 18.2 Å². The molecule has 0 unspecified atom stereocenters. The number of ether oxygens (including phenoxy) is 3. The van der Waals surface area contributed by atoms with E-state index in [4.69, 9.17) is 14.2 Å². The largest absolute Gasteiger partial charge is 0.496 e. The second-order valence-electron chi connectivity index (χ2n) is 7.86. The highest BCUT2D eigenvalue weighted by atomic mass is 32.2. The van der Waals surface area contributed by atoms with Crippen LogP contribution in [0.5, 0.6) is 17.2 Å². The van der Waals surface area contributed by atoms with E-state index in [0.29, 0.717) is 35.8 Å². The normalized spacial score (nSPS) is 11.0. The number of anilines is 1. The van der Waals surface area contributed by atoms with Gasteiger partial charge in [-0.2, -0.15) is 0 Å². The molecule has 0 saturated carbocycles. The van der Waals surface area contributed by atoms with Gasteiger partial charge < -0.3 is 19.5 Å². The molecular weight excluding hydrogens is 468 g/mol. The number of hydrogen-bond acceptors (Lipinski definition) is 6. The van der Waals surface area contributed by atoms with Crippen LogP contribution in [-0.2, 0) is 16.4 Å². The van der Waals surface area contributed by atoms with Gasteiger partial charge in [0.05, 0.1) is 37.5 Å². The summed E-state index contributed by atoms with van der Waals surface area (Å²) < 4.78 is 44.7. The molecule has 0 fully saturated rings. The van der Waals surface area contributed by atoms with Crippen LogP contribution in [0.2, 0.25) is 0 Å². The van der Waals surface area contributed by atoms with Crippen molar-refractivity contribution >= 4 is 21.6 Å². The summed E-state index contributed by atoms with van der Waals surface area (Å²) in [5.41, 5.74) is 2.70. The first-order valence-corrected chi connectivity index (χ1v) is 12.4. The fourth-order valence-corrected chi connectivity index (χ4v) is 5.09. The molecule has 3 rings (SSSR count). The zero-order chi connectivity index (χ0) is 25.6. The molecule has 0 atom stereocenters. The lowest BCUT2D eigenvalue weighted by molar-refractivity contribution is 0.0955. The molecule has 9 heteroatoms. The lowest BCUT2D eigenvalue weighted by Gasteiger charge is -2.16. The molecule has 0 saturated heterocycles. The third kappa shape index (κ3) is 5.86. The van der Waals surface area contributed by atoms with Gasteiger partial charge in [0.15, 0.2) is 11.5 Å². The lowest BCUT2D eigenvalue weighted by atomic mass is 10.1. The van der Waals surface area contributed by atoms with Gasteiger partial charge in [-0.15, -0.1) is 0 Å². The molecule has 0 bridgehead atoms. The molecule has 1 amide bonds. The number of amides is 1. The van der Waals surface area contributed by atoms with E-state index in [0.717, 1.165) is 11.1 Å². The number of para-hydroxylation sites is 1. The Hall–Kier alpha value is -3.72. The zero-order valence-electron chi connectivity index (χ0n) is 20.5. The van der Waals surface area contributed by atoms with Crippen molar-refractivity contribution in [2.75, 3.05) is 32.6 Å². The highest BCUT2D eigenvalue weighted by molar-refractivity contribution is 7.92. The molecule has 0 aliphatic carbocycles. The summed E-state index contributed by atoms with van der Waals surface area (Å²) in [7, 11) is 0.735. The van der Waals surface area contributed by atoms with Crippen LogP contribution in [0.4, 0.5) is 5.69 Å². The van der Waals surface area contributed by atoms with Crippen LogP contribution in [0.15, 0.2) is 59.5 Å². The molecule has 2 N–H and O–H groups in total. The summed E-state index contributed by atoms with van der Waals surface area (Å²) in [6.45, 7) is 3.87. The van der Waals surface area contributed by atoms with Crippen molar-refractivity contribution in [2.45, 2.75) is 25.2 Å². The Bertz CT molecular complexity index is 1320. The molecule has 3 aromatic rings. The number of methoxy groups -OCH3 is 3. The average Bonchev–Trinajstić information content (AvgIpc) is 2.85. The van der Waals surface area contributed by atoms with Crippen molar-refractivity contribution in [2.24, 2.45) is 0 Å². The van der Waals surface area contributed by atoms with Gasteiger partial charge >= 0.3 is 0 Å². The van der Waals surface area contributed by atoms with Gasteiger partial charge in [0.2, 0.25) is 0 Å². The van der Waals surface area contributed by atoms with E-state index in [1.165, 1.54) is 13.2 Å². The predicted octanol–water partition coefficient (Wildman–Crippen LogP) is 4.10. The number of benzene rings is 3. The maximum atomic E-state index is 13.2. The zero-order valence-corrected chi connectivity index (χ0v) is 21.3. The van der Waals surface area contributed by atoms with Crippen LogP contribution < -0.4 is 24.2 Å². The molecule has 0 radical (unpaired) electrons. The minimum absolute atomic E-state index is 0.125. The van der Waals surface area contributed by atoms with Gasteiger partial charge in [-0.1, -0.05) is 18.2 Å². The maximum absolute atomic E-state index is 13.2. The van der Waals surface area contributed by atoms with Gasteiger partial charge in [0.25, 0.3) is 15.9 Å². The molecule has 0 spiro atoms. The minimum Gasteiger partial charge on any atom is -0.496 e. The van der Waals surface area contributed by atoms with Gasteiger partial charge in [-0.05, 0) is 73.4 Å². The highest BCUT2D eigenvalue weighted by Crippen LogP contribution is 2.29. The average molecular weight is 499 g/mol. The lowest BCUT2D eigenvalue weighted by Crippen LogP contribution is -2.27. The van der Waals surface area contributed by atoms with E-state index < -0.39 is 10.0 Å². The molecule has 0 aromatic heterocycles. The van der Waals surface area contributed by atoms with E-state index in [-0.39, 0.29) is 22.1 Å². The summed E-state index contributed by atoms with van der Waals surface area (Å²) >= 11 is 0. The van der Waals surface area contributed by atoms with Gasteiger partial charge in [-0.3, -0.25) is 9.52 Å². The molecule has 0 aliphatic rings. The summed E-state index contributed by atoms with van der Waals surface area (Å²) in [6.07, 6.45) is 0.560. The van der Waals surface area contributed by atoms with Crippen LogP contribution >= 0.6 is 0 Å². The number of carbonyl (C=O) groups excluding carboxylic acids is 1. The molecule has 35 heavy (non-hydrogen) atoms. The predicted molar refractivity (Wildman–Crippen MR) is 135 cm³/mol. The number of hydrogen-bond donors (Lipinski definition) is 2. The Kier molecular flexibility index (Phi) is 8.24. The van der Waals surface area contributed by atoms with E-state index in [2.05, 4.69) is 10.0 Å². The Morgan fingerprint density at radius 2 is 1.49 bits per heavy atom. The van der Waals surface area contributed by atoms with Gasteiger partial charge in [0, 0.05) is 6.54 Å². The molecule has 186 valence electrons. The fourth-order valence-electron chi connectivity index (χ4n) is 3.70. The van der Waals surface area contributed by atoms with Crippen molar-refractivity contribution in [3.63, 3.8) is 0 Å². The highest BCUT2D eigenvalue weighted by Gasteiger charge is 2.22. The molecule has 0 aliphatic heterocycles. The van der Waals surface area contributed by atoms with Gasteiger partial charge in [-0.25, -0.2) is 8.42 Å². The maximum Gasteiger partial charge on any atom is 0.262 e. The smallest absolute Gasteiger partial charge is 0.262 e. The second kappa shape index (κ2) is 11.1. The summed E-state index contributed by atoms with van der Waals surface area (Å²) in [5, 5.41) is 2.85. The molecule has 0 heterocycles. The van der Waals surface area contributed by atoms with E-state index in [9.17, 15) is 13.2 Å². The topological polar surface area (TPSA) is 103 Å². The Labute approximate surface area is 206 Å². The standard InChI is InChI=1S/C26H30N2O6S/c1-17-18(2)25(13-12-22(17)32-3)35(30,31)28-21-9-7-6-8-20(21)26(29)27-15-14-19-10-11-23(33-4)24(16-19)34-5/h6-13,16,28H,14-15H2,1-5H3,(H,27,29). The SMILES string of the molecule is COc1ccc(CCNC(=O)c2ccccc2NS(=O)(=O)c2ccc(OC)c(C)c2C)cc1OC. The number of sulfonamides is 1. The van der Waals surface area contributed by atoms with Crippen LogP contribution in [0.3, 0.4) is 0 Å². The van der Waals surface area contributed by atoms with Crippen molar-refractivity contribution in [1.29, 1.82) is 0 Å². The van der Waals surface area contributed by atoms with E-state index in [1.54, 1.807) is 58.4 Å². The first-order chi connectivity index (χ1) is 16.7. The Morgan fingerprint density at radius 3 is 2.17 bits per heavy atom. The number of carbonyl (C=O) groups is 1. The van der Waals surface area contributed by atoms with Gasteiger partial charge in [0.1, 0.15) is 5.75 Å². The minimum atomic E-state index is -3.94. The monoisotopic (exact) mass is 498 g/mol. The third-order valence-corrected chi connectivity index (χ3v) is 7.27. The quantitative estimate of drug-likeness (QED) is 0.436. The van der Waals surface area contributed by atoms with Crippen LogP contribution in [0.1, 0.15) is 27.0 Å². The molecule has 3 aromatic carbocycles. The molecule has 8 nitrogen and oxygen atoms in total. The summed E-state index contributed by atoms with van der Waals surface area (Å²) in [6, 6.07) is 15.2. The summed E-state index contributed by atoms with van der Waals surface area (Å²) in [4.78, 5) is 13.0. The van der Waals surface area contributed by atoms with Crippen molar-refractivity contribution in [1.82, 2.24) is 5.32 Å². The number of rotatable bonds is 10.